The number of ether oxygens (including phenoxy) is 1. The molecule has 1 amide bonds. The number of nitro benzene ring substituents is 1. The molecule has 0 aliphatic carbocycles. The summed E-state index contributed by atoms with van der Waals surface area (Å²) in [6.07, 6.45) is 0.932. The lowest BCUT2D eigenvalue weighted by Gasteiger charge is -2.21. The largest absolute Gasteiger partial charge is 0.492 e. The number of hydrogen-bond acceptors (Lipinski definition) is 6. The van der Waals surface area contributed by atoms with E-state index in [9.17, 15) is 23.3 Å². The molecule has 10 heteroatoms. The number of amides is 1. The standard InChI is InChI=1S/C19H23N3O6S/c1-14-7-8-18(11-15(14)2)28-10-9-20-19(23)13-21(29(3,26)27)16-5-4-6-17(12-16)22(24)25/h4-8,11-12H,9-10,13H2,1-3H3,(H,20,23). The van der Waals surface area contributed by atoms with Crippen LogP contribution in [0.15, 0.2) is 42.5 Å². The molecule has 1 N–H and O–H groups in total. The third-order valence-corrected chi connectivity index (χ3v) is 5.33. The van der Waals surface area contributed by atoms with Crippen molar-refractivity contribution < 1.29 is 22.9 Å². The zero-order valence-electron chi connectivity index (χ0n) is 16.4. The molecular weight excluding hydrogens is 398 g/mol. The molecule has 0 aliphatic heterocycles. The molecule has 29 heavy (non-hydrogen) atoms. The summed E-state index contributed by atoms with van der Waals surface area (Å²) in [7, 11) is -3.82. The molecule has 0 saturated carbocycles. The van der Waals surface area contributed by atoms with Crippen molar-refractivity contribution in [2.24, 2.45) is 0 Å². The highest BCUT2D eigenvalue weighted by Crippen LogP contribution is 2.23. The van der Waals surface area contributed by atoms with E-state index in [4.69, 9.17) is 4.74 Å². The van der Waals surface area contributed by atoms with E-state index >= 15 is 0 Å². The van der Waals surface area contributed by atoms with E-state index in [0.717, 1.165) is 27.8 Å². The van der Waals surface area contributed by atoms with Gasteiger partial charge in [-0.1, -0.05) is 12.1 Å². The summed E-state index contributed by atoms with van der Waals surface area (Å²) in [5.41, 5.74) is 2.02. The van der Waals surface area contributed by atoms with Crippen LogP contribution in [0.3, 0.4) is 0 Å². The molecule has 2 rings (SSSR count). The zero-order chi connectivity index (χ0) is 21.6. The normalized spacial score (nSPS) is 11.0. The van der Waals surface area contributed by atoms with Gasteiger partial charge in [0, 0.05) is 12.1 Å². The van der Waals surface area contributed by atoms with Gasteiger partial charge in [-0.15, -0.1) is 0 Å². The third kappa shape index (κ3) is 6.46. The second-order valence-corrected chi connectivity index (χ2v) is 8.40. The van der Waals surface area contributed by atoms with Crippen molar-refractivity contribution in [1.29, 1.82) is 0 Å². The monoisotopic (exact) mass is 421 g/mol. The maximum Gasteiger partial charge on any atom is 0.271 e. The van der Waals surface area contributed by atoms with E-state index in [2.05, 4.69) is 5.32 Å². The zero-order valence-corrected chi connectivity index (χ0v) is 17.2. The number of benzene rings is 2. The Kier molecular flexibility index (Phi) is 7.16. The van der Waals surface area contributed by atoms with Crippen molar-refractivity contribution in [3.05, 3.63) is 63.7 Å². The summed E-state index contributed by atoms with van der Waals surface area (Å²) in [4.78, 5) is 22.5. The lowest BCUT2D eigenvalue weighted by Crippen LogP contribution is -2.41. The van der Waals surface area contributed by atoms with Gasteiger partial charge in [-0.05, 0) is 43.2 Å². The van der Waals surface area contributed by atoms with Crippen molar-refractivity contribution in [3.8, 4) is 5.75 Å². The highest BCUT2D eigenvalue weighted by Gasteiger charge is 2.22. The first kappa shape index (κ1) is 22.2. The first-order chi connectivity index (χ1) is 13.6. The number of nitrogens with zero attached hydrogens (tertiary/aromatic N) is 2. The lowest BCUT2D eigenvalue weighted by atomic mass is 10.1. The Hall–Kier alpha value is -3.14. The average molecular weight is 421 g/mol. The molecule has 0 aliphatic rings. The molecule has 2 aromatic carbocycles. The maximum absolute atomic E-state index is 12.2. The van der Waals surface area contributed by atoms with Crippen molar-refractivity contribution >= 4 is 27.3 Å². The maximum atomic E-state index is 12.2. The summed E-state index contributed by atoms with van der Waals surface area (Å²) in [6.45, 7) is 3.86. The van der Waals surface area contributed by atoms with Gasteiger partial charge in [0.25, 0.3) is 5.69 Å². The van der Waals surface area contributed by atoms with E-state index in [1.807, 2.05) is 32.0 Å². The molecule has 0 unspecified atom stereocenters. The molecule has 9 nitrogen and oxygen atoms in total. The van der Waals surface area contributed by atoms with E-state index in [0.29, 0.717) is 5.75 Å². The first-order valence-electron chi connectivity index (χ1n) is 8.77. The Morgan fingerprint density at radius 3 is 2.52 bits per heavy atom. The van der Waals surface area contributed by atoms with Crippen LogP contribution in [0, 0.1) is 24.0 Å². The van der Waals surface area contributed by atoms with E-state index in [1.54, 1.807) is 0 Å². The molecule has 0 heterocycles. The van der Waals surface area contributed by atoms with Gasteiger partial charge in [0.15, 0.2) is 0 Å². The van der Waals surface area contributed by atoms with Gasteiger partial charge in [-0.3, -0.25) is 19.2 Å². The van der Waals surface area contributed by atoms with Crippen LogP contribution in [0.25, 0.3) is 0 Å². The summed E-state index contributed by atoms with van der Waals surface area (Å²) in [5, 5.41) is 13.5. The van der Waals surface area contributed by atoms with Crippen LogP contribution in [0.2, 0.25) is 0 Å². The predicted molar refractivity (Wildman–Crippen MR) is 110 cm³/mol. The summed E-state index contributed by atoms with van der Waals surface area (Å²) in [6, 6.07) is 10.8. The quantitative estimate of drug-likeness (QED) is 0.377. The number of rotatable bonds is 9. The van der Waals surface area contributed by atoms with Crippen molar-refractivity contribution in [1.82, 2.24) is 5.32 Å². The van der Waals surface area contributed by atoms with Gasteiger partial charge in [0.05, 0.1) is 23.4 Å². The Balaban J connectivity index is 1.95. The Morgan fingerprint density at radius 1 is 1.17 bits per heavy atom. The van der Waals surface area contributed by atoms with Gasteiger partial charge < -0.3 is 10.1 Å². The Bertz CT molecular complexity index is 1010. The number of hydrogen-bond donors (Lipinski definition) is 1. The van der Waals surface area contributed by atoms with Gasteiger partial charge in [0.1, 0.15) is 18.9 Å². The van der Waals surface area contributed by atoms with Crippen LogP contribution in [-0.4, -0.2) is 45.2 Å². The van der Waals surface area contributed by atoms with Crippen LogP contribution in [0.4, 0.5) is 11.4 Å². The Labute approximate surface area is 169 Å². The second-order valence-electron chi connectivity index (χ2n) is 6.49. The molecule has 2 aromatic rings. The number of aryl methyl sites for hydroxylation is 2. The summed E-state index contributed by atoms with van der Waals surface area (Å²) in [5.74, 6) is 0.127. The van der Waals surface area contributed by atoms with E-state index < -0.39 is 27.4 Å². The third-order valence-electron chi connectivity index (χ3n) is 4.19. The number of nitro groups is 1. The highest BCUT2D eigenvalue weighted by molar-refractivity contribution is 7.92. The van der Waals surface area contributed by atoms with Crippen LogP contribution in [0.5, 0.6) is 5.75 Å². The molecule has 0 radical (unpaired) electrons. The predicted octanol–water partition coefficient (Wildman–Crippen LogP) is 2.17. The smallest absolute Gasteiger partial charge is 0.271 e. The fourth-order valence-electron chi connectivity index (χ4n) is 2.51. The number of anilines is 1. The van der Waals surface area contributed by atoms with E-state index in [1.165, 1.54) is 18.2 Å². The van der Waals surface area contributed by atoms with Crippen LogP contribution in [0.1, 0.15) is 11.1 Å². The minimum atomic E-state index is -3.82. The summed E-state index contributed by atoms with van der Waals surface area (Å²) < 4.78 is 30.5. The van der Waals surface area contributed by atoms with Crippen LogP contribution >= 0.6 is 0 Å². The minimum Gasteiger partial charge on any atom is -0.492 e. The van der Waals surface area contributed by atoms with Gasteiger partial charge >= 0.3 is 0 Å². The average Bonchev–Trinajstić information content (AvgIpc) is 2.65. The van der Waals surface area contributed by atoms with Crippen molar-refractivity contribution in [3.63, 3.8) is 0 Å². The highest BCUT2D eigenvalue weighted by atomic mass is 32.2. The number of sulfonamides is 1. The number of non-ortho nitro benzene ring substituents is 1. The molecule has 0 aromatic heterocycles. The first-order valence-corrected chi connectivity index (χ1v) is 10.6. The molecule has 0 fully saturated rings. The lowest BCUT2D eigenvalue weighted by molar-refractivity contribution is -0.384. The van der Waals surface area contributed by atoms with Crippen molar-refractivity contribution in [2.45, 2.75) is 13.8 Å². The fourth-order valence-corrected chi connectivity index (χ4v) is 3.36. The topological polar surface area (TPSA) is 119 Å². The number of nitrogens with one attached hydrogen (secondary N) is 1. The molecule has 0 spiro atoms. The summed E-state index contributed by atoms with van der Waals surface area (Å²) >= 11 is 0. The molecule has 156 valence electrons. The minimum absolute atomic E-state index is 0.0447. The fraction of sp³-hybridized carbons (Fsp3) is 0.316. The number of carbonyl (C=O) groups is 1. The van der Waals surface area contributed by atoms with Gasteiger partial charge in [-0.2, -0.15) is 0 Å². The van der Waals surface area contributed by atoms with Crippen molar-refractivity contribution in [2.75, 3.05) is 30.3 Å². The molecule has 0 saturated heterocycles. The van der Waals surface area contributed by atoms with Crippen LogP contribution < -0.4 is 14.4 Å². The molecule has 0 atom stereocenters. The number of carbonyl (C=O) groups excluding carboxylic acids is 1. The second kappa shape index (κ2) is 9.37. The van der Waals surface area contributed by atoms with E-state index in [-0.39, 0.29) is 24.5 Å². The van der Waals surface area contributed by atoms with Crippen LogP contribution in [-0.2, 0) is 14.8 Å². The van der Waals surface area contributed by atoms with Gasteiger partial charge in [-0.25, -0.2) is 8.42 Å². The molecular formula is C19H23N3O6S. The Morgan fingerprint density at radius 2 is 1.90 bits per heavy atom. The SMILES string of the molecule is Cc1ccc(OCCNC(=O)CN(c2cccc([N+](=O)[O-])c2)S(C)(=O)=O)cc1C. The molecule has 0 bridgehead atoms. The van der Waals surface area contributed by atoms with Gasteiger partial charge in [0.2, 0.25) is 15.9 Å².